The predicted octanol–water partition coefficient (Wildman–Crippen LogP) is 6.16. The van der Waals surface area contributed by atoms with E-state index in [1.807, 2.05) is 19.1 Å². The number of furan rings is 1. The molecule has 2 atom stereocenters. The van der Waals surface area contributed by atoms with Crippen molar-refractivity contribution in [3.63, 3.8) is 0 Å². The van der Waals surface area contributed by atoms with E-state index in [0.29, 0.717) is 0 Å². The topological polar surface area (TPSA) is 79.9 Å². The zero-order valence-corrected chi connectivity index (χ0v) is 18.7. The van der Waals surface area contributed by atoms with Gasteiger partial charge in [-0.25, -0.2) is 4.79 Å². The van der Waals surface area contributed by atoms with Crippen molar-refractivity contribution >= 4 is 5.97 Å². The third kappa shape index (κ3) is 7.86. The number of allylic oxidation sites excluding steroid dienone is 3. The maximum atomic E-state index is 11.5. The summed E-state index contributed by atoms with van der Waals surface area (Å²) in [4.78, 5) is 11.5. The highest BCUT2D eigenvalue weighted by atomic mass is 16.6. The van der Waals surface area contributed by atoms with Crippen molar-refractivity contribution in [2.24, 2.45) is 5.92 Å². The Kier molecular flexibility index (Phi) is 8.97. The molecule has 2 rings (SSSR count). The van der Waals surface area contributed by atoms with Crippen LogP contribution >= 0.6 is 0 Å². The highest BCUT2D eigenvalue weighted by Crippen LogP contribution is 2.26. The number of aryl methyl sites for hydroxylation is 1. The molecule has 0 bridgehead atoms. The molecular weight excluding hydrogens is 380 g/mol. The van der Waals surface area contributed by atoms with Crippen molar-refractivity contribution in [2.45, 2.75) is 84.7 Å². The van der Waals surface area contributed by atoms with Crippen molar-refractivity contribution in [3.8, 4) is 0 Å². The molecule has 2 N–H and O–H groups in total. The minimum Gasteiger partial charge on any atom is -0.504 e. The summed E-state index contributed by atoms with van der Waals surface area (Å²) in [5.74, 6) is -0.0151. The molecule has 0 spiro atoms. The Hall–Kier alpha value is -2.27. The summed E-state index contributed by atoms with van der Waals surface area (Å²) in [6.45, 7) is 7.67. The van der Waals surface area contributed by atoms with Crippen LogP contribution in [0.15, 0.2) is 57.8 Å². The molecule has 1 unspecified atom stereocenters. The summed E-state index contributed by atoms with van der Waals surface area (Å²) in [5, 5.41) is 20.5. The number of hydrogen-bond acceptors (Lipinski definition) is 5. The van der Waals surface area contributed by atoms with Crippen LogP contribution in [0, 0.1) is 5.92 Å². The van der Waals surface area contributed by atoms with Crippen molar-refractivity contribution in [2.75, 3.05) is 0 Å². The standard InChI is InChI=1S/C25H36O5/c1-18(8-5-9-19(2)16-22-23(26)20(3)24(27)30-22)10-6-13-25(4,28)14-7-11-21-12-15-29-17-21/h10,12,15-17,19,26,28H,5-9,11,13-14H2,1-4H3/b18-10+,22-16+/t19-,25?/m0/s1. The van der Waals surface area contributed by atoms with Crippen LogP contribution in [0.1, 0.15) is 78.2 Å². The van der Waals surface area contributed by atoms with Crippen molar-refractivity contribution in [1.29, 1.82) is 0 Å². The molecule has 5 heteroatoms. The van der Waals surface area contributed by atoms with Gasteiger partial charge in [0.1, 0.15) is 0 Å². The molecule has 1 aromatic rings. The Morgan fingerprint density at radius 2 is 2.07 bits per heavy atom. The van der Waals surface area contributed by atoms with Crippen LogP contribution in [-0.4, -0.2) is 21.8 Å². The summed E-state index contributed by atoms with van der Waals surface area (Å²) in [5.41, 5.74) is 2.13. The second-order valence-electron chi connectivity index (χ2n) is 8.83. The van der Waals surface area contributed by atoms with Gasteiger partial charge >= 0.3 is 5.97 Å². The first-order valence-electron chi connectivity index (χ1n) is 10.9. The highest BCUT2D eigenvalue weighted by Gasteiger charge is 2.26. The number of rotatable bonds is 12. The lowest BCUT2D eigenvalue weighted by atomic mass is 9.92. The lowest BCUT2D eigenvalue weighted by molar-refractivity contribution is -0.133. The van der Waals surface area contributed by atoms with Crippen LogP contribution < -0.4 is 0 Å². The summed E-state index contributed by atoms with van der Waals surface area (Å²) in [7, 11) is 0. The molecule has 0 saturated carbocycles. The van der Waals surface area contributed by atoms with Crippen LogP contribution in [0.5, 0.6) is 0 Å². The van der Waals surface area contributed by atoms with Gasteiger partial charge in [-0.05, 0) is 95.8 Å². The number of esters is 1. The molecule has 0 amide bonds. The van der Waals surface area contributed by atoms with Crippen LogP contribution in [0.2, 0.25) is 0 Å². The van der Waals surface area contributed by atoms with Gasteiger partial charge in [0.25, 0.3) is 0 Å². The van der Waals surface area contributed by atoms with E-state index in [2.05, 4.69) is 19.9 Å². The van der Waals surface area contributed by atoms with E-state index in [1.54, 1.807) is 19.5 Å². The average molecular weight is 417 g/mol. The van der Waals surface area contributed by atoms with Gasteiger partial charge in [-0.3, -0.25) is 0 Å². The zero-order chi connectivity index (χ0) is 22.1. The van der Waals surface area contributed by atoms with Crippen molar-refractivity contribution in [1.82, 2.24) is 0 Å². The zero-order valence-electron chi connectivity index (χ0n) is 18.7. The number of aliphatic hydroxyl groups is 2. The fourth-order valence-electron chi connectivity index (χ4n) is 3.63. The lowest BCUT2D eigenvalue weighted by Crippen LogP contribution is -2.23. The first-order valence-corrected chi connectivity index (χ1v) is 10.9. The summed E-state index contributed by atoms with van der Waals surface area (Å²) < 4.78 is 10.2. The molecule has 5 nitrogen and oxygen atoms in total. The Labute approximate surface area is 180 Å². The van der Waals surface area contributed by atoms with Crippen molar-refractivity contribution < 1.29 is 24.2 Å². The van der Waals surface area contributed by atoms with E-state index in [1.165, 1.54) is 11.1 Å². The molecule has 0 aliphatic carbocycles. The Morgan fingerprint density at radius 1 is 1.30 bits per heavy atom. The molecule has 166 valence electrons. The van der Waals surface area contributed by atoms with Crippen LogP contribution in [0.25, 0.3) is 0 Å². The number of carbonyl (C=O) groups is 1. The molecule has 2 heterocycles. The van der Waals surface area contributed by atoms with E-state index in [-0.39, 0.29) is 23.0 Å². The number of ether oxygens (including phenoxy) is 1. The van der Waals surface area contributed by atoms with Gasteiger partial charge in [0, 0.05) is 0 Å². The molecule has 0 saturated heterocycles. The maximum absolute atomic E-state index is 11.5. The second kappa shape index (κ2) is 11.2. The van der Waals surface area contributed by atoms with Gasteiger partial charge in [0.2, 0.25) is 0 Å². The van der Waals surface area contributed by atoms with Crippen LogP contribution in [0.4, 0.5) is 0 Å². The first kappa shape index (κ1) is 24.0. The molecule has 1 aliphatic heterocycles. The van der Waals surface area contributed by atoms with Crippen molar-refractivity contribution in [3.05, 3.63) is 59.0 Å². The fraction of sp³-hybridized carbons (Fsp3) is 0.560. The molecular formula is C25H36O5. The third-order valence-corrected chi connectivity index (χ3v) is 5.70. The van der Waals surface area contributed by atoms with Gasteiger partial charge in [0.15, 0.2) is 11.5 Å². The fourth-order valence-corrected chi connectivity index (χ4v) is 3.63. The van der Waals surface area contributed by atoms with Gasteiger partial charge in [-0.1, -0.05) is 18.6 Å². The largest absolute Gasteiger partial charge is 0.504 e. The molecule has 0 radical (unpaired) electrons. The second-order valence-corrected chi connectivity index (χ2v) is 8.83. The smallest absolute Gasteiger partial charge is 0.343 e. The minimum atomic E-state index is -0.645. The summed E-state index contributed by atoms with van der Waals surface area (Å²) in [6.07, 6.45) is 14.8. The van der Waals surface area contributed by atoms with Gasteiger partial charge in [0.05, 0.1) is 23.7 Å². The SMILES string of the molecule is CC1=C(O)/C(=C\[C@@H](C)CCC/C(C)=C/CCC(C)(O)CCCc2ccoc2)OC1=O. The number of hydrogen-bond donors (Lipinski definition) is 2. The highest BCUT2D eigenvalue weighted by molar-refractivity contribution is 5.93. The van der Waals surface area contributed by atoms with Crippen LogP contribution in [-0.2, 0) is 16.0 Å². The number of cyclic esters (lactones) is 1. The summed E-state index contributed by atoms with van der Waals surface area (Å²) in [6, 6.07) is 1.97. The lowest BCUT2D eigenvalue weighted by Gasteiger charge is -2.22. The van der Waals surface area contributed by atoms with E-state index in [4.69, 9.17) is 9.15 Å². The van der Waals surface area contributed by atoms with Gasteiger partial charge in [-0.15, -0.1) is 0 Å². The maximum Gasteiger partial charge on any atom is 0.343 e. The Bertz CT molecular complexity index is 780. The normalized spacial score (nSPS) is 19.3. The molecule has 1 aliphatic rings. The Balaban J connectivity index is 1.64. The van der Waals surface area contributed by atoms with E-state index < -0.39 is 11.6 Å². The predicted molar refractivity (Wildman–Crippen MR) is 118 cm³/mol. The Morgan fingerprint density at radius 3 is 2.70 bits per heavy atom. The van der Waals surface area contributed by atoms with Gasteiger partial charge < -0.3 is 19.4 Å². The number of aliphatic hydroxyl groups excluding tert-OH is 1. The first-order chi connectivity index (χ1) is 14.2. The van der Waals surface area contributed by atoms with Gasteiger partial charge in [-0.2, -0.15) is 0 Å². The number of carbonyl (C=O) groups excluding carboxylic acids is 1. The monoisotopic (exact) mass is 416 g/mol. The molecule has 0 aromatic carbocycles. The minimum absolute atomic E-state index is 0.0419. The van der Waals surface area contributed by atoms with Crippen LogP contribution in [0.3, 0.4) is 0 Å². The van der Waals surface area contributed by atoms with E-state index >= 15 is 0 Å². The average Bonchev–Trinajstić information content (AvgIpc) is 3.26. The molecule has 1 aromatic heterocycles. The summed E-state index contributed by atoms with van der Waals surface area (Å²) >= 11 is 0. The van der Waals surface area contributed by atoms with E-state index in [0.717, 1.165) is 51.4 Å². The van der Waals surface area contributed by atoms with E-state index in [9.17, 15) is 15.0 Å². The third-order valence-electron chi connectivity index (χ3n) is 5.70. The molecule has 30 heavy (non-hydrogen) atoms. The quantitative estimate of drug-likeness (QED) is 0.315. The molecule has 0 fully saturated rings.